The minimum atomic E-state index is -0.954. The summed E-state index contributed by atoms with van der Waals surface area (Å²) in [6, 6.07) is 0. The third-order valence-corrected chi connectivity index (χ3v) is 3.84. The monoisotopic (exact) mass is 270 g/mol. The highest BCUT2D eigenvalue weighted by Gasteiger charge is 2.17. The molecule has 2 rings (SSSR count). The van der Waals surface area contributed by atoms with Crippen molar-refractivity contribution in [1.29, 1.82) is 0 Å². The molecule has 100 valence electrons. The number of rotatable bonds is 5. The zero-order valence-corrected chi connectivity index (χ0v) is 11.3. The predicted molar refractivity (Wildman–Crippen MR) is 69.0 cm³/mol. The molecule has 0 amide bonds. The van der Waals surface area contributed by atoms with Gasteiger partial charge in [0.05, 0.1) is 11.8 Å². The van der Waals surface area contributed by atoms with Crippen LogP contribution in [0.3, 0.4) is 0 Å². The van der Waals surface area contributed by atoms with E-state index in [0.717, 1.165) is 31.7 Å². The van der Waals surface area contributed by atoms with Crippen molar-refractivity contribution < 1.29 is 14.6 Å². The summed E-state index contributed by atoms with van der Waals surface area (Å²) in [5.74, 6) is -0.954. The second-order valence-electron chi connectivity index (χ2n) is 4.63. The Morgan fingerprint density at radius 2 is 2.50 bits per heavy atom. The molecule has 5 nitrogen and oxygen atoms in total. The average Bonchev–Trinajstić information content (AvgIpc) is 2.78. The van der Waals surface area contributed by atoms with Gasteiger partial charge in [-0.2, -0.15) is 0 Å². The van der Waals surface area contributed by atoms with E-state index in [4.69, 9.17) is 9.84 Å². The van der Waals surface area contributed by atoms with Crippen molar-refractivity contribution in [2.75, 3.05) is 20.2 Å². The molecule has 0 aromatic carbocycles. The number of hydrogen-bond acceptors (Lipinski definition) is 5. The Hall–Kier alpha value is -0.980. The molecule has 18 heavy (non-hydrogen) atoms. The fourth-order valence-electron chi connectivity index (χ4n) is 2.12. The van der Waals surface area contributed by atoms with Gasteiger partial charge in [0.2, 0.25) is 5.01 Å². The number of carbonyl (C=O) groups is 1. The van der Waals surface area contributed by atoms with Crippen LogP contribution < -0.4 is 0 Å². The van der Waals surface area contributed by atoms with Crippen molar-refractivity contribution in [2.24, 2.45) is 0 Å². The number of aromatic nitrogens is 1. The van der Waals surface area contributed by atoms with E-state index in [2.05, 4.69) is 9.88 Å². The second-order valence-corrected chi connectivity index (χ2v) is 5.49. The molecule has 0 saturated carbocycles. The zero-order chi connectivity index (χ0) is 13.0. The van der Waals surface area contributed by atoms with Crippen LogP contribution in [0.25, 0.3) is 0 Å². The molecule has 1 fully saturated rings. The van der Waals surface area contributed by atoms with Crippen molar-refractivity contribution in [3.8, 4) is 0 Å². The second kappa shape index (κ2) is 6.26. The standard InChI is InChI=1S/C12H18N2O3S/c1-14(7-10-4-2-3-5-17-10)6-9-8-18-11(13-9)12(15)16/h8,10H,2-7H2,1H3,(H,15,16). The van der Waals surface area contributed by atoms with Crippen LogP contribution in [0.15, 0.2) is 5.38 Å². The largest absolute Gasteiger partial charge is 0.476 e. The first-order valence-electron chi connectivity index (χ1n) is 6.13. The number of thiazole rings is 1. The molecule has 1 aromatic heterocycles. The van der Waals surface area contributed by atoms with Gasteiger partial charge in [0.15, 0.2) is 0 Å². The molecule has 1 unspecified atom stereocenters. The average molecular weight is 270 g/mol. The van der Waals surface area contributed by atoms with Gasteiger partial charge in [0.1, 0.15) is 0 Å². The van der Waals surface area contributed by atoms with E-state index in [0.29, 0.717) is 12.6 Å². The first-order valence-corrected chi connectivity index (χ1v) is 7.01. The van der Waals surface area contributed by atoms with Crippen molar-refractivity contribution in [2.45, 2.75) is 31.9 Å². The van der Waals surface area contributed by atoms with E-state index in [1.54, 1.807) is 0 Å². The van der Waals surface area contributed by atoms with E-state index in [9.17, 15) is 4.79 Å². The summed E-state index contributed by atoms with van der Waals surface area (Å²) in [6.07, 6.45) is 3.82. The fraction of sp³-hybridized carbons (Fsp3) is 0.667. The number of hydrogen-bond donors (Lipinski definition) is 1. The first-order chi connectivity index (χ1) is 8.65. The third-order valence-electron chi connectivity index (χ3n) is 2.96. The number of likely N-dealkylation sites (N-methyl/N-ethyl adjacent to an activating group) is 1. The van der Waals surface area contributed by atoms with E-state index >= 15 is 0 Å². The molecule has 1 aromatic rings. The van der Waals surface area contributed by atoms with Crippen molar-refractivity contribution >= 4 is 17.3 Å². The lowest BCUT2D eigenvalue weighted by Crippen LogP contribution is -2.33. The molecule has 0 bridgehead atoms. The minimum Gasteiger partial charge on any atom is -0.476 e. The van der Waals surface area contributed by atoms with Gasteiger partial charge >= 0.3 is 5.97 Å². The molecule has 2 heterocycles. The maximum Gasteiger partial charge on any atom is 0.365 e. The maximum atomic E-state index is 10.7. The van der Waals surface area contributed by atoms with Gasteiger partial charge < -0.3 is 9.84 Å². The SMILES string of the molecule is CN(Cc1csc(C(=O)O)n1)CC1CCCCO1. The molecule has 1 aliphatic rings. The molecule has 0 spiro atoms. The lowest BCUT2D eigenvalue weighted by Gasteiger charge is -2.26. The van der Waals surface area contributed by atoms with Crippen LogP contribution in [-0.2, 0) is 11.3 Å². The third kappa shape index (κ3) is 3.76. The smallest absolute Gasteiger partial charge is 0.365 e. The predicted octanol–water partition coefficient (Wildman–Crippen LogP) is 1.84. The number of aromatic carboxylic acids is 1. The Balaban J connectivity index is 1.82. The summed E-state index contributed by atoms with van der Waals surface area (Å²) in [5, 5.41) is 10.8. The summed E-state index contributed by atoms with van der Waals surface area (Å²) in [4.78, 5) is 16.9. The summed E-state index contributed by atoms with van der Waals surface area (Å²) in [6.45, 7) is 2.40. The van der Waals surface area contributed by atoms with Gasteiger partial charge in [-0.05, 0) is 26.3 Å². The van der Waals surface area contributed by atoms with Crippen LogP contribution in [0.2, 0.25) is 0 Å². The van der Waals surface area contributed by atoms with Gasteiger partial charge in [-0.3, -0.25) is 4.90 Å². The highest BCUT2D eigenvalue weighted by molar-refractivity contribution is 7.11. The van der Waals surface area contributed by atoms with Crippen LogP contribution in [0, 0.1) is 0 Å². The topological polar surface area (TPSA) is 62.7 Å². The quantitative estimate of drug-likeness (QED) is 0.884. The Labute approximate surface area is 110 Å². The molecule has 1 atom stereocenters. The Morgan fingerprint density at radius 3 is 3.11 bits per heavy atom. The molecule has 0 aliphatic carbocycles. The zero-order valence-electron chi connectivity index (χ0n) is 10.5. The minimum absolute atomic E-state index is 0.160. The molecule has 6 heteroatoms. The summed E-state index contributed by atoms with van der Waals surface area (Å²) in [7, 11) is 2.01. The van der Waals surface area contributed by atoms with Crippen LogP contribution in [0.5, 0.6) is 0 Å². The van der Waals surface area contributed by atoms with E-state index in [1.807, 2.05) is 12.4 Å². The fourth-order valence-corrected chi connectivity index (χ4v) is 2.76. The molecule has 1 aliphatic heterocycles. The van der Waals surface area contributed by atoms with Gasteiger partial charge in [-0.15, -0.1) is 11.3 Å². The van der Waals surface area contributed by atoms with Crippen LogP contribution >= 0.6 is 11.3 Å². The van der Waals surface area contributed by atoms with Crippen LogP contribution in [0.4, 0.5) is 0 Å². The van der Waals surface area contributed by atoms with Crippen LogP contribution in [-0.4, -0.2) is 47.3 Å². The van der Waals surface area contributed by atoms with Crippen molar-refractivity contribution in [3.63, 3.8) is 0 Å². The van der Waals surface area contributed by atoms with E-state index in [1.165, 1.54) is 17.8 Å². The Kier molecular flexibility index (Phi) is 4.68. The van der Waals surface area contributed by atoms with Gasteiger partial charge in [-0.1, -0.05) is 0 Å². The Morgan fingerprint density at radius 1 is 1.67 bits per heavy atom. The Bertz CT molecular complexity index is 402. The van der Waals surface area contributed by atoms with Gasteiger partial charge in [-0.25, -0.2) is 9.78 Å². The normalized spacial score (nSPS) is 20.2. The van der Waals surface area contributed by atoms with E-state index in [-0.39, 0.29) is 5.01 Å². The number of nitrogens with zero attached hydrogens (tertiary/aromatic N) is 2. The lowest BCUT2D eigenvalue weighted by atomic mass is 10.1. The first kappa shape index (κ1) is 13.5. The lowest BCUT2D eigenvalue weighted by molar-refractivity contribution is -0.00273. The number of carboxylic acid groups (broad SMARTS) is 1. The van der Waals surface area contributed by atoms with Crippen molar-refractivity contribution in [1.82, 2.24) is 9.88 Å². The molecule has 1 saturated heterocycles. The maximum absolute atomic E-state index is 10.7. The summed E-state index contributed by atoms with van der Waals surface area (Å²) >= 11 is 1.18. The highest BCUT2D eigenvalue weighted by Crippen LogP contribution is 2.15. The molecular formula is C12H18N2O3S. The van der Waals surface area contributed by atoms with Crippen molar-refractivity contribution in [3.05, 3.63) is 16.1 Å². The molecule has 1 N–H and O–H groups in total. The van der Waals surface area contributed by atoms with Gasteiger partial charge in [0.25, 0.3) is 0 Å². The number of carboxylic acids is 1. The highest BCUT2D eigenvalue weighted by atomic mass is 32.1. The molecular weight excluding hydrogens is 252 g/mol. The van der Waals surface area contributed by atoms with Gasteiger partial charge in [0, 0.05) is 25.1 Å². The number of ether oxygens (including phenoxy) is 1. The summed E-state index contributed by atoms with van der Waals surface area (Å²) < 4.78 is 5.68. The van der Waals surface area contributed by atoms with E-state index < -0.39 is 5.97 Å². The molecule has 0 radical (unpaired) electrons. The summed E-state index contributed by atoms with van der Waals surface area (Å²) in [5.41, 5.74) is 0.815. The van der Waals surface area contributed by atoms with Crippen LogP contribution in [0.1, 0.15) is 34.8 Å².